The number of fused-ring (bicyclic) bond motifs is 1. The third kappa shape index (κ3) is 5.78. The van der Waals surface area contributed by atoms with Gasteiger partial charge in [0.15, 0.2) is 0 Å². The molecule has 9 nitrogen and oxygen atoms in total. The number of hydrogen-bond donors (Lipinski definition) is 2. The summed E-state index contributed by atoms with van der Waals surface area (Å²) in [6.07, 6.45) is 5.90. The number of nitrogens with zero attached hydrogens (tertiary/aromatic N) is 2. The number of carbonyl (C=O) groups is 2. The fourth-order valence-electron chi connectivity index (χ4n) is 6.18. The van der Waals surface area contributed by atoms with Gasteiger partial charge in [-0.15, -0.1) is 0 Å². The van der Waals surface area contributed by atoms with Crippen molar-refractivity contribution in [1.82, 2.24) is 15.2 Å². The molecule has 1 fully saturated rings. The smallest absolute Gasteiger partial charge is 0.256 e. The van der Waals surface area contributed by atoms with Crippen LogP contribution in [0.1, 0.15) is 50.6 Å². The molecular weight excluding hydrogens is 607 g/mol. The maximum absolute atomic E-state index is 13.9. The third-order valence-corrected chi connectivity index (χ3v) is 9.91. The summed E-state index contributed by atoms with van der Waals surface area (Å²) in [4.78, 5) is 32.0. The van der Waals surface area contributed by atoms with Crippen LogP contribution in [-0.4, -0.2) is 63.6 Å². The van der Waals surface area contributed by atoms with E-state index in [9.17, 15) is 22.4 Å². The molecule has 5 aromatic rings. The Hall–Kier alpha value is -4.90. The fraction of sp³-hybridized carbons (Fsp3) is 0.257. The molecule has 0 saturated carbocycles. The topological polar surface area (TPSA) is 116 Å². The molecule has 2 amide bonds. The number of aromatic amines is 1. The molecule has 0 bridgehead atoms. The zero-order valence-electron chi connectivity index (χ0n) is 26.1. The number of hydrogen-bond acceptors (Lipinski definition) is 5. The van der Waals surface area contributed by atoms with Gasteiger partial charge in [0.05, 0.1) is 23.1 Å². The van der Waals surface area contributed by atoms with Crippen LogP contribution in [0.3, 0.4) is 0 Å². The fourth-order valence-corrected chi connectivity index (χ4v) is 6.70. The molecule has 1 atom stereocenters. The van der Waals surface area contributed by atoms with Crippen molar-refractivity contribution >= 4 is 38.5 Å². The maximum Gasteiger partial charge on any atom is 0.256 e. The Morgan fingerprint density at radius 3 is 2.41 bits per heavy atom. The van der Waals surface area contributed by atoms with Gasteiger partial charge in [0, 0.05) is 68.1 Å². The Bertz CT molecular complexity index is 2050. The van der Waals surface area contributed by atoms with E-state index in [0.29, 0.717) is 76.2 Å². The van der Waals surface area contributed by atoms with E-state index in [1.54, 1.807) is 42.5 Å². The molecule has 1 aliphatic heterocycles. The van der Waals surface area contributed by atoms with Gasteiger partial charge >= 0.3 is 0 Å². The molecule has 3 heterocycles. The normalized spacial score (nSPS) is 15.2. The SMILES string of the molecule is CNC(=O)c1c(-c2ccc(C)cc2)oc2cc(N(C)S(C)(=O)=O)c([C@@H]3CCCN(C(=O)c4c[nH]cc4-c4ccc(F)cc4)C3)cc12. The minimum Gasteiger partial charge on any atom is -0.455 e. The number of piperidine rings is 1. The van der Waals surface area contributed by atoms with Crippen molar-refractivity contribution in [3.05, 3.63) is 101 Å². The first-order valence-corrected chi connectivity index (χ1v) is 16.9. The van der Waals surface area contributed by atoms with Gasteiger partial charge in [0.25, 0.3) is 11.8 Å². The second-order valence-corrected chi connectivity index (χ2v) is 13.8. The van der Waals surface area contributed by atoms with E-state index in [2.05, 4.69) is 10.3 Å². The highest BCUT2D eigenvalue weighted by Crippen LogP contribution is 2.42. The lowest BCUT2D eigenvalue weighted by Crippen LogP contribution is -2.39. The van der Waals surface area contributed by atoms with E-state index in [1.165, 1.54) is 23.5 Å². The Kier molecular flexibility index (Phi) is 8.20. The monoisotopic (exact) mass is 642 g/mol. The second kappa shape index (κ2) is 12.1. The van der Waals surface area contributed by atoms with E-state index in [4.69, 9.17) is 4.42 Å². The molecule has 0 radical (unpaired) electrons. The van der Waals surface area contributed by atoms with Crippen LogP contribution < -0.4 is 9.62 Å². The molecule has 0 aliphatic carbocycles. The van der Waals surface area contributed by atoms with E-state index in [0.717, 1.165) is 17.4 Å². The Labute approximate surface area is 267 Å². The summed E-state index contributed by atoms with van der Waals surface area (Å²) in [5.41, 5.74) is 5.49. The van der Waals surface area contributed by atoms with E-state index >= 15 is 0 Å². The summed E-state index contributed by atoms with van der Waals surface area (Å²) in [6.45, 7) is 2.83. The van der Waals surface area contributed by atoms with Gasteiger partial charge in [0.2, 0.25) is 10.0 Å². The highest BCUT2D eigenvalue weighted by molar-refractivity contribution is 7.92. The predicted octanol–water partition coefficient (Wildman–Crippen LogP) is 6.32. The van der Waals surface area contributed by atoms with Crippen LogP contribution in [-0.2, 0) is 10.0 Å². The summed E-state index contributed by atoms with van der Waals surface area (Å²) in [5.74, 6) is -0.711. The average molecular weight is 643 g/mol. The molecule has 3 aromatic carbocycles. The van der Waals surface area contributed by atoms with Crippen LogP contribution in [0.15, 0.2) is 77.5 Å². The molecule has 238 valence electrons. The van der Waals surface area contributed by atoms with E-state index in [-0.39, 0.29) is 23.5 Å². The molecule has 6 rings (SSSR count). The van der Waals surface area contributed by atoms with Crippen molar-refractivity contribution in [3.63, 3.8) is 0 Å². The number of rotatable bonds is 7. The highest BCUT2D eigenvalue weighted by Gasteiger charge is 2.32. The van der Waals surface area contributed by atoms with Gasteiger partial charge in [-0.05, 0) is 49.1 Å². The maximum atomic E-state index is 13.9. The van der Waals surface area contributed by atoms with Crippen molar-refractivity contribution < 1.29 is 26.8 Å². The Morgan fingerprint density at radius 1 is 1.04 bits per heavy atom. The van der Waals surface area contributed by atoms with Crippen molar-refractivity contribution in [1.29, 1.82) is 0 Å². The Morgan fingerprint density at radius 2 is 1.74 bits per heavy atom. The molecule has 0 unspecified atom stereocenters. The summed E-state index contributed by atoms with van der Waals surface area (Å²) >= 11 is 0. The van der Waals surface area contributed by atoms with Crippen molar-refractivity contribution in [2.24, 2.45) is 0 Å². The third-order valence-electron chi connectivity index (χ3n) is 8.72. The first-order chi connectivity index (χ1) is 22.0. The number of aryl methyl sites for hydroxylation is 1. The molecular formula is C35H35FN4O5S. The van der Waals surface area contributed by atoms with E-state index in [1.807, 2.05) is 37.3 Å². The first-order valence-electron chi connectivity index (χ1n) is 15.0. The van der Waals surface area contributed by atoms with Crippen LogP contribution >= 0.6 is 0 Å². The number of anilines is 1. The van der Waals surface area contributed by atoms with Crippen LogP contribution in [0.25, 0.3) is 33.4 Å². The van der Waals surface area contributed by atoms with Crippen LogP contribution in [0.5, 0.6) is 0 Å². The lowest BCUT2D eigenvalue weighted by Gasteiger charge is -2.35. The molecule has 1 saturated heterocycles. The minimum atomic E-state index is -3.67. The van der Waals surface area contributed by atoms with Gasteiger partial charge in [-0.2, -0.15) is 0 Å². The summed E-state index contributed by atoms with van der Waals surface area (Å²) in [7, 11) is -0.626. The van der Waals surface area contributed by atoms with Gasteiger partial charge in [0.1, 0.15) is 17.2 Å². The van der Waals surface area contributed by atoms with Crippen molar-refractivity contribution in [2.75, 3.05) is 37.7 Å². The second-order valence-electron chi connectivity index (χ2n) is 11.8. The zero-order chi connectivity index (χ0) is 32.7. The zero-order valence-corrected chi connectivity index (χ0v) is 26.9. The highest BCUT2D eigenvalue weighted by atomic mass is 32.2. The summed E-state index contributed by atoms with van der Waals surface area (Å²) in [6, 6.07) is 17.1. The number of aromatic nitrogens is 1. The van der Waals surface area contributed by atoms with Gasteiger partial charge in [-0.25, -0.2) is 12.8 Å². The lowest BCUT2D eigenvalue weighted by atomic mass is 9.87. The van der Waals surface area contributed by atoms with E-state index < -0.39 is 10.0 Å². The molecule has 1 aliphatic rings. The number of H-pyrrole nitrogens is 1. The number of benzene rings is 3. The standard InChI is InChI=1S/C35H35FN4O5S/c1-21-7-9-23(10-8-21)33-32(34(41)37-2)27-16-26(30(17-31(27)45-33)39(3)46(4,43)44)24-6-5-15-40(20-24)35(42)29-19-38-18-28(29)22-11-13-25(36)14-12-22/h7-14,16-19,24,38H,5-6,15,20H2,1-4H3,(H,37,41)/t24-/m1/s1. The summed E-state index contributed by atoms with van der Waals surface area (Å²) in [5, 5.41) is 3.28. The van der Waals surface area contributed by atoms with Crippen LogP contribution in [0.4, 0.5) is 10.1 Å². The molecule has 0 spiro atoms. The quantitative estimate of drug-likeness (QED) is 0.216. The first kappa shape index (κ1) is 31.1. The van der Waals surface area contributed by atoms with Gasteiger partial charge in [-0.3, -0.25) is 13.9 Å². The number of sulfonamides is 1. The average Bonchev–Trinajstić information content (AvgIpc) is 3.69. The predicted molar refractivity (Wildman–Crippen MR) is 177 cm³/mol. The van der Waals surface area contributed by atoms with Gasteiger partial charge in [-0.1, -0.05) is 42.0 Å². The minimum absolute atomic E-state index is 0.180. The molecule has 2 N–H and O–H groups in total. The van der Waals surface area contributed by atoms with Crippen LogP contribution in [0.2, 0.25) is 0 Å². The largest absolute Gasteiger partial charge is 0.455 e. The summed E-state index contributed by atoms with van der Waals surface area (Å²) < 4.78 is 46.8. The molecule has 46 heavy (non-hydrogen) atoms. The van der Waals surface area contributed by atoms with Crippen LogP contribution in [0, 0.1) is 12.7 Å². The molecule has 11 heteroatoms. The van der Waals surface area contributed by atoms with Gasteiger partial charge < -0.3 is 19.6 Å². The number of furan rings is 1. The molecule has 2 aromatic heterocycles. The lowest BCUT2D eigenvalue weighted by molar-refractivity contribution is 0.0708. The number of halogens is 1. The number of amides is 2. The Balaban J connectivity index is 1.44. The van der Waals surface area contributed by atoms with Crippen molar-refractivity contribution in [2.45, 2.75) is 25.7 Å². The van der Waals surface area contributed by atoms with Crippen molar-refractivity contribution in [3.8, 4) is 22.5 Å². The number of likely N-dealkylation sites (tertiary alicyclic amines) is 1. The number of carbonyl (C=O) groups excluding carboxylic acids is 2. The number of nitrogens with one attached hydrogen (secondary N) is 2.